The molecule has 0 unspecified atom stereocenters. The molecule has 0 aliphatic rings. The van der Waals surface area contributed by atoms with Crippen LogP contribution in [-0.4, -0.2) is 25.8 Å². The number of hydrogen-bond acceptors (Lipinski definition) is 4. The molecule has 0 aliphatic carbocycles. The van der Waals surface area contributed by atoms with Crippen LogP contribution in [0.1, 0.15) is 20.8 Å². The van der Waals surface area contributed by atoms with Crippen molar-refractivity contribution in [3.05, 3.63) is 76.3 Å². The standard InChI is InChI=1S/C19H15N5O3/c1-23-14(18(26)21-13-7-3-2-6-11(13)16(20)25)10-12-17(23)22-15-8-4-5-9-24(15)19(12)27/h2-10H,1H3,(H2,20,25)(H,21,26). The van der Waals surface area contributed by atoms with Crippen LogP contribution in [-0.2, 0) is 7.05 Å². The van der Waals surface area contributed by atoms with Crippen LogP contribution < -0.4 is 16.6 Å². The summed E-state index contributed by atoms with van der Waals surface area (Å²) in [5, 5.41) is 3.00. The topological polar surface area (TPSA) is 111 Å². The molecule has 0 atom stereocenters. The third kappa shape index (κ3) is 2.63. The van der Waals surface area contributed by atoms with E-state index in [9.17, 15) is 14.4 Å². The van der Waals surface area contributed by atoms with Gasteiger partial charge in [-0.25, -0.2) is 4.98 Å². The van der Waals surface area contributed by atoms with E-state index < -0.39 is 11.8 Å². The molecule has 0 saturated carbocycles. The first-order chi connectivity index (χ1) is 13.0. The predicted octanol–water partition coefficient (Wildman–Crippen LogP) is 1.54. The molecule has 8 nitrogen and oxygen atoms in total. The summed E-state index contributed by atoms with van der Waals surface area (Å²) in [6, 6.07) is 13.2. The Labute approximate surface area is 152 Å². The first-order valence-corrected chi connectivity index (χ1v) is 8.14. The monoisotopic (exact) mass is 361 g/mol. The third-order valence-corrected chi connectivity index (χ3v) is 4.38. The van der Waals surface area contributed by atoms with E-state index in [-0.39, 0.29) is 16.8 Å². The summed E-state index contributed by atoms with van der Waals surface area (Å²) in [4.78, 5) is 41.5. The minimum atomic E-state index is -0.644. The van der Waals surface area contributed by atoms with Gasteiger partial charge in [-0.15, -0.1) is 0 Å². The third-order valence-electron chi connectivity index (χ3n) is 4.38. The Bertz CT molecular complexity index is 1290. The highest BCUT2D eigenvalue weighted by Gasteiger charge is 2.19. The lowest BCUT2D eigenvalue weighted by molar-refractivity contribution is 0.100. The van der Waals surface area contributed by atoms with Crippen molar-refractivity contribution in [3.8, 4) is 0 Å². The number of para-hydroxylation sites is 1. The molecule has 0 spiro atoms. The molecule has 0 saturated heterocycles. The fourth-order valence-electron chi connectivity index (χ4n) is 3.03. The summed E-state index contributed by atoms with van der Waals surface area (Å²) >= 11 is 0. The van der Waals surface area contributed by atoms with E-state index in [1.54, 1.807) is 54.2 Å². The number of anilines is 1. The summed E-state index contributed by atoms with van der Waals surface area (Å²) in [7, 11) is 1.66. The molecule has 4 rings (SSSR count). The second kappa shape index (κ2) is 6.10. The Morgan fingerprint density at radius 2 is 1.85 bits per heavy atom. The summed E-state index contributed by atoms with van der Waals surface area (Å²) in [5.41, 5.74) is 6.72. The van der Waals surface area contributed by atoms with Gasteiger partial charge in [-0.3, -0.25) is 18.8 Å². The Balaban J connectivity index is 1.83. The normalized spacial score (nSPS) is 11.0. The number of nitrogens with zero attached hydrogens (tertiary/aromatic N) is 3. The van der Waals surface area contributed by atoms with Crippen LogP contribution in [0, 0.1) is 0 Å². The zero-order valence-electron chi connectivity index (χ0n) is 14.3. The van der Waals surface area contributed by atoms with E-state index in [1.165, 1.54) is 16.5 Å². The van der Waals surface area contributed by atoms with Crippen molar-refractivity contribution in [1.29, 1.82) is 0 Å². The van der Waals surface area contributed by atoms with Gasteiger partial charge in [0.2, 0.25) is 0 Å². The van der Waals surface area contributed by atoms with E-state index in [2.05, 4.69) is 10.3 Å². The molecule has 27 heavy (non-hydrogen) atoms. The second-order valence-corrected chi connectivity index (χ2v) is 6.04. The smallest absolute Gasteiger partial charge is 0.272 e. The summed E-state index contributed by atoms with van der Waals surface area (Å²) in [5.74, 6) is -1.12. The van der Waals surface area contributed by atoms with Gasteiger partial charge in [0.1, 0.15) is 17.0 Å². The number of aryl methyl sites for hydroxylation is 1. The number of nitrogens with two attached hydrogens (primary N) is 1. The number of carbonyl (C=O) groups excluding carboxylic acids is 2. The van der Waals surface area contributed by atoms with Gasteiger partial charge >= 0.3 is 0 Å². The van der Waals surface area contributed by atoms with Crippen molar-refractivity contribution in [2.24, 2.45) is 12.8 Å². The maximum atomic E-state index is 12.8. The molecular formula is C19H15N5O3. The average molecular weight is 361 g/mol. The molecule has 3 N–H and O–H groups in total. The van der Waals surface area contributed by atoms with E-state index >= 15 is 0 Å². The molecule has 4 aromatic rings. The highest BCUT2D eigenvalue weighted by Crippen LogP contribution is 2.19. The molecule has 1 aromatic carbocycles. The van der Waals surface area contributed by atoms with Gasteiger partial charge in [0, 0.05) is 13.2 Å². The molecule has 0 aliphatic heterocycles. The van der Waals surface area contributed by atoms with Gasteiger partial charge in [-0.1, -0.05) is 18.2 Å². The van der Waals surface area contributed by atoms with Gasteiger partial charge in [0.25, 0.3) is 17.4 Å². The number of rotatable bonds is 3. The molecule has 2 amide bonds. The number of hydrogen-bond donors (Lipinski definition) is 2. The van der Waals surface area contributed by atoms with Gasteiger partial charge < -0.3 is 15.6 Å². The lowest BCUT2D eigenvalue weighted by Gasteiger charge is -2.09. The lowest BCUT2D eigenvalue weighted by atomic mass is 10.1. The first-order valence-electron chi connectivity index (χ1n) is 8.14. The van der Waals surface area contributed by atoms with Gasteiger partial charge in [0.15, 0.2) is 0 Å². The second-order valence-electron chi connectivity index (χ2n) is 6.04. The largest absolute Gasteiger partial charge is 0.366 e. The minimum absolute atomic E-state index is 0.202. The molecule has 134 valence electrons. The van der Waals surface area contributed by atoms with Crippen LogP contribution in [0.5, 0.6) is 0 Å². The van der Waals surface area contributed by atoms with Crippen LogP contribution >= 0.6 is 0 Å². The average Bonchev–Trinajstić information content (AvgIpc) is 2.99. The number of carbonyl (C=O) groups is 2. The van der Waals surface area contributed by atoms with E-state index in [1.807, 2.05) is 0 Å². The summed E-state index contributed by atoms with van der Waals surface area (Å²) < 4.78 is 2.97. The van der Waals surface area contributed by atoms with Crippen molar-refractivity contribution in [1.82, 2.24) is 14.0 Å². The molecule has 0 bridgehead atoms. The van der Waals surface area contributed by atoms with Crippen LogP contribution in [0.2, 0.25) is 0 Å². The summed E-state index contributed by atoms with van der Waals surface area (Å²) in [6.45, 7) is 0. The van der Waals surface area contributed by atoms with E-state index in [0.29, 0.717) is 22.4 Å². The van der Waals surface area contributed by atoms with Gasteiger partial charge in [0.05, 0.1) is 16.6 Å². The first kappa shape index (κ1) is 16.5. The summed E-state index contributed by atoms with van der Waals surface area (Å²) in [6.07, 6.45) is 1.62. The number of pyridine rings is 1. The Hall–Kier alpha value is -3.94. The number of amides is 2. The highest BCUT2D eigenvalue weighted by atomic mass is 16.2. The predicted molar refractivity (Wildman–Crippen MR) is 101 cm³/mol. The molecule has 3 heterocycles. The van der Waals surface area contributed by atoms with E-state index in [4.69, 9.17) is 5.73 Å². The fourth-order valence-corrected chi connectivity index (χ4v) is 3.03. The Morgan fingerprint density at radius 3 is 2.63 bits per heavy atom. The molecule has 0 fully saturated rings. The van der Waals surface area contributed by atoms with Gasteiger partial charge in [-0.2, -0.15) is 0 Å². The number of benzene rings is 1. The Morgan fingerprint density at radius 1 is 1.11 bits per heavy atom. The van der Waals surface area contributed by atoms with Crippen molar-refractivity contribution < 1.29 is 9.59 Å². The van der Waals surface area contributed by atoms with Crippen molar-refractivity contribution in [2.75, 3.05) is 5.32 Å². The van der Waals surface area contributed by atoms with Crippen LogP contribution in [0.15, 0.2) is 59.5 Å². The highest BCUT2D eigenvalue weighted by molar-refractivity contribution is 6.09. The quantitative estimate of drug-likeness (QED) is 0.576. The molecule has 3 aromatic heterocycles. The van der Waals surface area contributed by atoms with Crippen molar-refractivity contribution >= 4 is 34.2 Å². The van der Waals surface area contributed by atoms with Crippen LogP contribution in [0.3, 0.4) is 0 Å². The molecule has 0 radical (unpaired) electrons. The zero-order valence-corrected chi connectivity index (χ0v) is 14.3. The minimum Gasteiger partial charge on any atom is -0.366 e. The van der Waals surface area contributed by atoms with Crippen molar-refractivity contribution in [2.45, 2.75) is 0 Å². The number of primary amides is 1. The zero-order chi connectivity index (χ0) is 19.1. The van der Waals surface area contributed by atoms with Crippen molar-refractivity contribution in [3.63, 3.8) is 0 Å². The van der Waals surface area contributed by atoms with E-state index in [0.717, 1.165) is 0 Å². The maximum Gasteiger partial charge on any atom is 0.272 e. The van der Waals surface area contributed by atoms with Crippen LogP contribution in [0.4, 0.5) is 5.69 Å². The van der Waals surface area contributed by atoms with Gasteiger partial charge in [-0.05, 0) is 30.3 Å². The molecule has 8 heteroatoms. The van der Waals surface area contributed by atoms with Crippen LogP contribution in [0.25, 0.3) is 16.7 Å². The number of aromatic nitrogens is 3. The maximum absolute atomic E-state index is 12.8. The Kier molecular flexibility index (Phi) is 3.73. The SMILES string of the molecule is Cn1c(C(=O)Nc2ccccc2C(N)=O)cc2c(=O)n3ccccc3nc21. The number of fused-ring (bicyclic) bond motifs is 2. The fraction of sp³-hybridized carbons (Fsp3) is 0.0526. The molecular weight excluding hydrogens is 346 g/mol. The lowest BCUT2D eigenvalue weighted by Crippen LogP contribution is -2.19. The number of nitrogens with one attached hydrogen (secondary N) is 1.